The first kappa shape index (κ1) is 17.0. The molecule has 0 heterocycles. The summed E-state index contributed by atoms with van der Waals surface area (Å²) < 4.78 is 5.58. The quantitative estimate of drug-likeness (QED) is 0.809. The van der Waals surface area contributed by atoms with Crippen LogP contribution in [0.2, 0.25) is 0 Å². The fourth-order valence-electron chi connectivity index (χ4n) is 1.68. The van der Waals surface area contributed by atoms with Crippen LogP contribution in [0.25, 0.3) is 0 Å². The van der Waals surface area contributed by atoms with E-state index in [1.807, 2.05) is 20.8 Å². The third kappa shape index (κ3) is 5.85. The van der Waals surface area contributed by atoms with Gasteiger partial charge in [0.1, 0.15) is 5.75 Å². The summed E-state index contributed by atoms with van der Waals surface area (Å²) in [6.07, 6.45) is 0.108. The van der Waals surface area contributed by atoms with Gasteiger partial charge in [-0.15, -0.1) is 0 Å². The largest absolute Gasteiger partial charge is 0.481 e. The molecule has 2 N–H and O–H groups in total. The Bertz CT molecular complexity index is 511. The Morgan fingerprint density at radius 3 is 2.62 bits per heavy atom. The summed E-state index contributed by atoms with van der Waals surface area (Å²) in [7, 11) is 0. The molecule has 1 rings (SSSR count). The molecule has 0 bridgehead atoms. The Morgan fingerprint density at radius 1 is 1.38 bits per heavy atom. The van der Waals surface area contributed by atoms with Crippen LogP contribution in [0.1, 0.15) is 39.7 Å². The third-order valence-electron chi connectivity index (χ3n) is 3.28. The number of hydrogen-bond donors (Lipinski definition) is 2. The molecule has 1 aromatic carbocycles. The van der Waals surface area contributed by atoms with Gasteiger partial charge >= 0.3 is 5.97 Å². The molecule has 1 amide bonds. The molecule has 0 aliphatic carbocycles. The molecule has 0 fully saturated rings. The zero-order valence-electron chi connectivity index (χ0n) is 13.0. The van der Waals surface area contributed by atoms with E-state index >= 15 is 0 Å². The van der Waals surface area contributed by atoms with Crippen molar-refractivity contribution in [2.45, 2.75) is 52.2 Å². The Balaban J connectivity index is 2.68. The van der Waals surface area contributed by atoms with Crippen molar-refractivity contribution < 1.29 is 19.4 Å². The van der Waals surface area contributed by atoms with Crippen molar-refractivity contribution in [1.29, 1.82) is 0 Å². The van der Waals surface area contributed by atoms with Crippen molar-refractivity contribution in [3.05, 3.63) is 29.8 Å². The number of carbonyl (C=O) groups excluding carboxylic acids is 1. The molecule has 0 saturated carbocycles. The van der Waals surface area contributed by atoms with E-state index < -0.39 is 12.1 Å². The van der Waals surface area contributed by atoms with Gasteiger partial charge < -0.3 is 15.2 Å². The predicted molar refractivity (Wildman–Crippen MR) is 80.4 cm³/mol. The first-order valence-corrected chi connectivity index (χ1v) is 7.03. The van der Waals surface area contributed by atoms with Crippen molar-refractivity contribution in [2.75, 3.05) is 0 Å². The first-order valence-electron chi connectivity index (χ1n) is 7.03. The van der Waals surface area contributed by atoms with Crippen molar-refractivity contribution in [2.24, 2.45) is 0 Å². The SMILES string of the molecule is CCC(C)(C)NC(=O)C(C)Oc1cccc(CC(=O)O)c1. The van der Waals surface area contributed by atoms with E-state index in [1.165, 1.54) is 0 Å². The normalized spacial score (nSPS) is 12.6. The molecule has 5 heteroatoms. The Labute approximate surface area is 125 Å². The predicted octanol–water partition coefficient (Wildman–Crippen LogP) is 2.39. The van der Waals surface area contributed by atoms with Crippen molar-refractivity contribution in [1.82, 2.24) is 5.32 Å². The van der Waals surface area contributed by atoms with Gasteiger partial charge in [-0.2, -0.15) is 0 Å². The molecule has 0 saturated heterocycles. The van der Waals surface area contributed by atoms with Crippen molar-refractivity contribution in [3.63, 3.8) is 0 Å². The van der Waals surface area contributed by atoms with Crippen LogP contribution in [-0.4, -0.2) is 28.6 Å². The van der Waals surface area contributed by atoms with E-state index in [0.29, 0.717) is 11.3 Å². The molecule has 1 aromatic rings. The Kier molecular flexibility index (Phi) is 5.76. The number of rotatable bonds is 7. The van der Waals surface area contributed by atoms with Crippen molar-refractivity contribution >= 4 is 11.9 Å². The molecule has 0 radical (unpaired) electrons. The van der Waals surface area contributed by atoms with Crippen LogP contribution in [0.15, 0.2) is 24.3 Å². The number of carboxylic acid groups (broad SMARTS) is 1. The van der Waals surface area contributed by atoms with Crippen LogP contribution < -0.4 is 10.1 Å². The van der Waals surface area contributed by atoms with Gasteiger partial charge in [0, 0.05) is 5.54 Å². The first-order chi connectivity index (χ1) is 9.73. The number of carboxylic acids is 1. The van der Waals surface area contributed by atoms with E-state index in [0.717, 1.165) is 6.42 Å². The van der Waals surface area contributed by atoms with Crippen LogP contribution in [0, 0.1) is 0 Å². The Morgan fingerprint density at radius 2 is 2.05 bits per heavy atom. The number of nitrogens with one attached hydrogen (secondary N) is 1. The summed E-state index contributed by atoms with van der Waals surface area (Å²) >= 11 is 0. The summed E-state index contributed by atoms with van der Waals surface area (Å²) in [6.45, 7) is 7.57. The number of ether oxygens (including phenoxy) is 1. The molecule has 0 aromatic heterocycles. The molecule has 0 aliphatic rings. The zero-order valence-corrected chi connectivity index (χ0v) is 13.0. The molecular weight excluding hydrogens is 270 g/mol. The highest BCUT2D eigenvalue weighted by molar-refractivity contribution is 5.81. The highest BCUT2D eigenvalue weighted by Gasteiger charge is 2.22. The number of amides is 1. The van der Waals surface area contributed by atoms with E-state index in [-0.39, 0.29) is 17.9 Å². The highest BCUT2D eigenvalue weighted by Crippen LogP contribution is 2.16. The fourth-order valence-corrected chi connectivity index (χ4v) is 1.68. The second-order valence-corrected chi connectivity index (χ2v) is 5.70. The van der Waals surface area contributed by atoms with E-state index in [9.17, 15) is 9.59 Å². The average Bonchev–Trinajstić information content (AvgIpc) is 2.37. The minimum atomic E-state index is -0.900. The standard InChI is InChI=1S/C16H23NO4/c1-5-16(3,4)17-15(20)11(2)21-13-8-6-7-12(9-13)10-14(18)19/h6-9,11H,5,10H2,1-4H3,(H,17,20)(H,18,19). The average molecular weight is 293 g/mol. The van der Waals surface area contributed by atoms with Gasteiger partial charge in [-0.05, 0) is 44.9 Å². The maximum Gasteiger partial charge on any atom is 0.307 e. The monoisotopic (exact) mass is 293 g/mol. The van der Waals surface area contributed by atoms with Crippen LogP contribution in [-0.2, 0) is 16.0 Å². The minimum Gasteiger partial charge on any atom is -0.481 e. The van der Waals surface area contributed by atoms with Gasteiger partial charge in [0.05, 0.1) is 6.42 Å². The lowest BCUT2D eigenvalue weighted by Crippen LogP contribution is -2.48. The highest BCUT2D eigenvalue weighted by atomic mass is 16.5. The molecule has 0 spiro atoms. The van der Waals surface area contributed by atoms with Crippen LogP contribution in [0.5, 0.6) is 5.75 Å². The lowest BCUT2D eigenvalue weighted by molar-refractivity contribution is -0.136. The summed E-state index contributed by atoms with van der Waals surface area (Å²) in [4.78, 5) is 22.7. The molecule has 5 nitrogen and oxygen atoms in total. The number of aliphatic carboxylic acids is 1. The van der Waals surface area contributed by atoms with E-state index in [2.05, 4.69) is 5.32 Å². The number of benzene rings is 1. The van der Waals surface area contributed by atoms with Gasteiger partial charge in [-0.3, -0.25) is 9.59 Å². The maximum absolute atomic E-state index is 12.1. The van der Waals surface area contributed by atoms with Crippen molar-refractivity contribution in [3.8, 4) is 5.75 Å². The molecular formula is C16H23NO4. The van der Waals surface area contributed by atoms with Crippen LogP contribution in [0.4, 0.5) is 0 Å². The summed E-state index contributed by atoms with van der Waals surface area (Å²) in [5.74, 6) is -0.598. The summed E-state index contributed by atoms with van der Waals surface area (Å²) in [5.41, 5.74) is 0.362. The molecule has 116 valence electrons. The van der Waals surface area contributed by atoms with E-state index in [4.69, 9.17) is 9.84 Å². The topological polar surface area (TPSA) is 75.6 Å². The summed E-state index contributed by atoms with van der Waals surface area (Å²) in [6, 6.07) is 6.78. The zero-order chi connectivity index (χ0) is 16.0. The molecule has 1 atom stereocenters. The maximum atomic E-state index is 12.1. The van der Waals surface area contributed by atoms with Gasteiger partial charge in [0.25, 0.3) is 5.91 Å². The minimum absolute atomic E-state index is 0.0688. The summed E-state index contributed by atoms with van der Waals surface area (Å²) in [5, 5.41) is 11.7. The molecule has 1 unspecified atom stereocenters. The molecule has 0 aliphatic heterocycles. The second-order valence-electron chi connectivity index (χ2n) is 5.70. The second kappa shape index (κ2) is 7.11. The van der Waals surface area contributed by atoms with E-state index in [1.54, 1.807) is 31.2 Å². The van der Waals surface area contributed by atoms with Crippen LogP contribution in [0.3, 0.4) is 0 Å². The molecule has 21 heavy (non-hydrogen) atoms. The van der Waals surface area contributed by atoms with Crippen LogP contribution >= 0.6 is 0 Å². The lowest BCUT2D eigenvalue weighted by Gasteiger charge is -2.26. The lowest BCUT2D eigenvalue weighted by atomic mass is 10.0. The third-order valence-corrected chi connectivity index (χ3v) is 3.28. The fraction of sp³-hybridized carbons (Fsp3) is 0.500. The van der Waals surface area contributed by atoms with Gasteiger partial charge in [0.15, 0.2) is 6.10 Å². The van der Waals surface area contributed by atoms with Gasteiger partial charge in [-0.1, -0.05) is 19.1 Å². The Hall–Kier alpha value is -2.04. The van der Waals surface area contributed by atoms with Gasteiger partial charge in [-0.25, -0.2) is 0 Å². The number of hydrogen-bond acceptors (Lipinski definition) is 3. The van der Waals surface area contributed by atoms with Gasteiger partial charge in [0.2, 0.25) is 0 Å². The smallest absolute Gasteiger partial charge is 0.307 e. The number of carbonyl (C=O) groups is 2.